The average Bonchev–Trinajstić information content (AvgIpc) is 1.48. The summed E-state index contributed by atoms with van der Waals surface area (Å²) >= 11 is 17.8. The number of para-hydroxylation sites is 4. The fourth-order valence-corrected chi connectivity index (χ4v) is 18.7. The van der Waals surface area contributed by atoms with E-state index in [1.807, 2.05) is 181 Å². The van der Waals surface area contributed by atoms with E-state index in [0.29, 0.717) is 38.2 Å². The summed E-state index contributed by atoms with van der Waals surface area (Å²) in [6.07, 6.45) is -4.39. The molecule has 0 spiro atoms. The van der Waals surface area contributed by atoms with Crippen molar-refractivity contribution in [2.75, 3.05) is 41.3 Å². The predicted molar refractivity (Wildman–Crippen MR) is 510 cm³/mol. The molecule has 0 fully saturated rings. The Bertz CT molecular complexity index is 7250. The highest BCUT2D eigenvalue weighted by atomic mass is 35.5. The van der Waals surface area contributed by atoms with Crippen molar-refractivity contribution in [3.05, 3.63) is 436 Å². The Morgan fingerprint density at radius 2 is 0.632 bits per heavy atom. The van der Waals surface area contributed by atoms with Crippen molar-refractivity contribution in [2.24, 2.45) is 0 Å². The number of halogens is 5. The third kappa shape index (κ3) is 14.4. The number of aryl methyl sites for hydroxylation is 3. The molecule has 5 heterocycles. The van der Waals surface area contributed by atoms with E-state index in [-0.39, 0.29) is 23.6 Å². The second kappa shape index (κ2) is 32.8. The van der Waals surface area contributed by atoms with Crippen molar-refractivity contribution in [1.29, 1.82) is 0 Å². The lowest BCUT2D eigenvalue weighted by Crippen LogP contribution is -2.22. The van der Waals surface area contributed by atoms with Gasteiger partial charge in [0, 0.05) is 94.8 Å². The van der Waals surface area contributed by atoms with Crippen molar-refractivity contribution in [1.82, 2.24) is 0 Å². The third-order valence-corrected chi connectivity index (χ3v) is 24.1. The van der Waals surface area contributed by atoms with Gasteiger partial charge in [0.2, 0.25) is 0 Å². The highest BCUT2D eigenvalue weighted by Crippen LogP contribution is 2.51. The van der Waals surface area contributed by atoms with Gasteiger partial charge < -0.3 is 14.7 Å². The molecule has 125 heavy (non-hydrogen) atoms. The Labute approximate surface area is 735 Å². The Balaban J connectivity index is 0.000000103. The van der Waals surface area contributed by atoms with Gasteiger partial charge in [0.15, 0.2) is 0 Å². The maximum atomic E-state index is 13.3. The number of alkyl halides is 3. The molecule has 17 heteroatoms. The molecule has 0 radical (unpaired) electrons. The molecule has 606 valence electrons. The van der Waals surface area contributed by atoms with Crippen molar-refractivity contribution in [3.8, 4) is 0 Å². The van der Waals surface area contributed by atoms with Crippen molar-refractivity contribution in [3.63, 3.8) is 0 Å². The van der Waals surface area contributed by atoms with E-state index in [9.17, 15) is 32.3 Å². The first-order chi connectivity index (χ1) is 60.8. The molecule has 0 aliphatic carbocycles. The minimum absolute atomic E-state index is 0.0209. The molecule has 0 N–H and O–H groups in total. The highest BCUT2D eigenvalue weighted by molar-refractivity contribution is 7.81. The second-order valence-electron chi connectivity index (χ2n) is 30.9. The van der Waals surface area contributed by atoms with E-state index in [1.165, 1.54) is 39.1 Å². The van der Waals surface area contributed by atoms with Crippen LogP contribution in [0.1, 0.15) is 69.2 Å². The first-order valence-electron chi connectivity index (χ1n) is 40.7. The van der Waals surface area contributed by atoms with Crippen LogP contribution in [0.15, 0.2) is 376 Å². The summed E-state index contributed by atoms with van der Waals surface area (Å²) in [6.45, 7) is 6.24. The van der Waals surface area contributed by atoms with E-state index in [0.717, 1.165) is 151 Å². The molecule has 4 amide bonds. The lowest BCUT2D eigenvalue weighted by Gasteiger charge is -2.27. The molecule has 0 saturated heterocycles. The van der Waals surface area contributed by atoms with Gasteiger partial charge in [0.1, 0.15) is 4.99 Å². The normalized spacial score (nSPS) is 13.0. The molecule has 0 unspecified atom stereocenters. The average molecular weight is 1690 g/mol. The summed E-state index contributed by atoms with van der Waals surface area (Å²) in [5.74, 6) is -0.189. The summed E-state index contributed by atoms with van der Waals surface area (Å²) in [5.41, 5.74) is 21.0. The zero-order chi connectivity index (χ0) is 86.1. The van der Waals surface area contributed by atoms with Gasteiger partial charge in [-0.05, 0) is 229 Å². The summed E-state index contributed by atoms with van der Waals surface area (Å²) in [4.78, 5) is 66.0. The van der Waals surface area contributed by atoms with Gasteiger partial charge in [0.05, 0.1) is 73.3 Å². The topological polar surface area (TPSA) is 91.0 Å². The number of benzene rings is 18. The van der Waals surface area contributed by atoms with Gasteiger partial charge in [-0.3, -0.25) is 38.8 Å². The van der Waals surface area contributed by atoms with Crippen LogP contribution in [0.2, 0.25) is 10.0 Å². The Morgan fingerprint density at radius 3 is 1.02 bits per heavy atom. The number of carbonyl (C=O) groups excluding carboxylic acids is 4. The maximum absolute atomic E-state index is 13.3. The molecule has 5 aliphatic heterocycles. The van der Waals surface area contributed by atoms with E-state index >= 15 is 0 Å². The molecule has 5 aliphatic rings. The number of hydrogen-bond donors (Lipinski definition) is 0. The minimum atomic E-state index is -4.39. The molecule has 23 rings (SSSR count). The zero-order valence-corrected chi connectivity index (χ0v) is 70.2. The number of nitrogens with zero attached hydrogens (tertiary/aromatic N) is 7. The highest BCUT2D eigenvalue weighted by Gasteiger charge is 2.38. The molecule has 11 nitrogen and oxygen atoms in total. The van der Waals surface area contributed by atoms with E-state index in [4.69, 9.17) is 35.4 Å². The molecule has 0 atom stereocenters. The van der Waals surface area contributed by atoms with Gasteiger partial charge in [-0.2, -0.15) is 13.2 Å². The third-order valence-electron chi connectivity index (χ3n) is 23.2. The zero-order valence-electron chi connectivity index (χ0n) is 67.9. The standard InChI is InChI=1S/C29H20N2O.C24H18N2S.C20H17NO.C18H10F3NO.C17H9Cl2NO/c32-29-26-15-7-9-21-10-8-16-27(28(21)26)31(29)25-19-17-24(18-20-25)30(22-11-3-1-4-12-22)23-13-5-2-6-14-23;1-25-22-16-15-21(19-13-8-14-20(23(19)22)24(25)27)26(17-9-4-2-5-10-17)18-11-6-3-7-12-18;1-12-10-13(2)19(14(3)11-12)21-17-9-5-7-15-6-4-8-16(18(15)17)20(21)22;19-18(20,21)12-7-9-13(10-8-12)22-15-6-2-4-11-3-1-5-14(16(11)15)17(22)23;18-11-7-12(19)9-13(8-11)20-15-6-2-4-10-3-1-5-14(16(10)15)17(20)21/h1-20H;2-16H,1H3;4-11H,1-3H3;1-10H;1-9H. The van der Waals surface area contributed by atoms with Crippen molar-refractivity contribution < 1.29 is 32.3 Å². The number of thiocarbonyl (C=S) groups is 1. The molecule has 18 aromatic carbocycles. The number of anilines is 15. The summed E-state index contributed by atoms with van der Waals surface area (Å²) in [6, 6.07) is 121. The first-order valence-corrected chi connectivity index (χ1v) is 41.8. The Morgan fingerprint density at radius 1 is 0.304 bits per heavy atom. The lowest BCUT2D eigenvalue weighted by molar-refractivity contribution is -0.137. The van der Waals surface area contributed by atoms with Crippen LogP contribution in [0, 0.1) is 20.8 Å². The number of amides is 4. The van der Waals surface area contributed by atoms with E-state index < -0.39 is 11.7 Å². The van der Waals surface area contributed by atoms with Gasteiger partial charge in [-0.15, -0.1) is 0 Å². The maximum Gasteiger partial charge on any atom is 0.416 e. The monoisotopic (exact) mass is 1690 g/mol. The Kier molecular flexibility index (Phi) is 20.9. The van der Waals surface area contributed by atoms with Crippen LogP contribution < -0.4 is 34.3 Å². The summed E-state index contributed by atoms with van der Waals surface area (Å²) < 4.78 is 38.1. The van der Waals surface area contributed by atoms with Gasteiger partial charge in [0.25, 0.3) is 23.6 Å². The smallest absolute Gasteiger partial charge is 0.335 e. The van der Waals surface area contributed by atoms with E-state index in [1.54, 1.807) is 41.3 Å². The molecule has 0 bridgehead atoms. The lowest BCUT2D eigenvalue weighted by atomic mass is 10.0. The minimum Gasteiger partial charge on any atom is -0.335 e. The van der Waals surface area contributed by atoms with E-state index in [2.05, 4.69) is 187 Å². The summed E-state index contributed by atoms with van der Waals surface area (Å²) in [7, 11) is 2.04. The first kappa shape index (κ1) is 79.8. The van der Waals surface area contributed by atoms with Crippen LogP contribution in [0.25, 0.3) is 53.9 Å². The molecular formula is C108H74Cl2F3N7O4S. The van der Waals surface area contributed by atoms with Gasteiger partial charge in [-0.25, -0.2) is 0 Å². The quantitative estimate of drug-likeness (QED) is 0.125. The molecule has 18 aromatic rings. The van der Waals surface area contributed by atoms with Crippen molar-refractivity contribution >= 4 is 203 Å². The largest absolute Gasteiger partial charge is 0.416 e. The fourth-order valence-electron chi connectivity index (χ4n) is 17.9. The second-order valence-corrected chi connectivity index (χ2v) is 32.2. The summed E-state index contributed by atoms with van der Waals surface area (Å²) in [5, 5.41) is 11.6. The van der Waals surface area contributed by atoms with Crippen LogP contribution in [-0.2, 0) is 6.18 Å². The van der Waals surface area contributed by atoms with Gasteiger partial charge >= 0.3 is 6.18 Å². The van der Waals surface area contributed by atoms with Crippen LogP contribution in [0.4, 0.5) is 98.5 Å². The predicted octanol–water partition coefficient (Wildman–Crippen LogP) is 29.7. The number of carbonyl (C=O) groups is 4. The van der Waals surface area contributed by atoms with Gasteiger partial charge in [-0.1, -0.05) is 241 Å². The van der Waals surface area contributed by atoms with Crippen LogP contribution in [0.5, 0.6) is 0 Å². The number of rotatable bonds is 10. The molecule has 0 aromatic heterocycles. The van der Waals surface area contributed by atoms with Crippen LogP contribution >= 0.6 is 35.4 Å². The SMILES string of the molecule is CN1C(=S)c2cccc3c(N(c4ccccc4)c4ccccc4)ccc1c23.Cc1cc(C)c(N2C(=O)c3cccc4cccc2c34)c(C)c1.O=C1c2cccc3cccc(c23)N1c1cc(Cl)cc(Cl)c1.O=C1c2cccc3cccc(c23)N1c1ccc(C(F)(F)F)cc1.O=C1c2cccc3cccc(c23)N1c1ccc(N(c2ccccc2)c2ccccc2)cc1. The fraction of sp³-hybridized carbons (Fsp3) is 0.0463. The van der Waals surface area contributed by atoms with Crippen LogP contribution in [-0.4, -0.2) is 35.7 Å². The molecular weight excluding hydrogens is 1620 g/mol. The van der Waals surface area contributed by atoms with Crippen molar-refractivity contribution in [2.45, 2.75) is 26.9 Å². The number of hydrogen-bond acceptors (Lipinski definition) is 7. The Hall–Kier alpha value is -15.0. The molecule has 0 saturated carbocycles. The van der Waals surface area contributed by atoms with Crippen LogP contribution in [0.3, 0.4) is 0 Å².